The van der Waals surface area contributed by atoms with Crippen LogP contribution in [-0.4, -0.2) is 86.5 Å². The van der Waals surface area contributed by atoms with Gasteiger partial charge in [0.05, 0.1) is 18.5 Å². The van der Waals surface area contributed by atoms with Crippen LogP contribution in [0.4, 0.5) is 4.39 Å². The number of hydrogen-bond acceptors (Lipinski definition) is 8. The van der Waals surface area contributed by atoms with Gasteiger partial charge in [-0.15, -0.1) is 0 Å². The van der Waals surface area contributed by atoms with Crippen molar-refractivity contribution in [1.29, 1.82) is 0 Å². The minimum atomic E-state index is -1.43. The van der Waals surface area contributed by atoms with Gasteiger partial charge in [0.1, 0.15) is 36.3 Å². The Morgan fingerprint density at radius 3 is 2.42 bits per heavy atom. The van der Waals surface area contributed by atoms with Crippen molar-refractivity contribution in [3.05, 3.63) is 65.5 Å². The van der Waals surface area contributed by atoms with Crippen LogP contribution in [0.2, 0.25) is 0 Å². The molecule has 15 heteroatoms. The van der Waals surface area contributed by atoms with E-state index in [1.54, 1.807) is 44.2 Å². The highest BCUT2D eigenvalue weighted by Gasteiger charge is 2.37. The molecule has 1 saturated heterocycles. The summed E-state index contributed by atoms with van der Waals surface area (Å²) in [5, 5.41) is 13.4. The molecule has 4 rings (SSSR count). The van der Waals surface area contributed by atoms with Crippen molar-refractivity contribution in [3.8, 4) is 5.75 Å². The number of benzene rings is 2. The lowest BCUT2D eigenvalue weighted by Crippen LogP contribution is -2.57. The van der Waals surface area contributed by atoms with E-state index in [-0.39, 0.29) is 49.8 Å². The first kappa shape index (κ1) is 37.8. The number of nitrogens with one attached hydrogen (secondary N) is 5. The topological polar surface area (TPSA) is 207 Å². The van der Waals surface area contributed by atoms with Gasteiger partial charge in [-0.1, -0.05) is 38.1 Å². The minimum Gasteiger partial charge on any atom is -0.491 e. The number of carbonyl (C=O) groups excluding carboxylic acids is 6. The van der Waals surface area contributed by atoms with E-state index in [1.165, 1.54) is 18.2 Å². The quantitative estimate of drug-likeness (QED) is 0.230. The highest BCUT2D eigenvalue weighted by Crippen LogP contribution is 2.34. The Morgan fingerprint density at radius 1 is 0.980 bits per heavy atom. The summed E-state index contributed by atoms with van der Waals surface area (Å²) in [6.07, 6.45) is -0.0423. The first-order valence-corrected chi connectivity index (χ1v) is 16.7. The smallest absolute Gasteiger partial charge is 0.255 e. The van der Waals surface area contributed by atoms with Crippen LogP contribution in [0.3, 0.4) is 0 Å². The standard InChI is InChI=1S/C35H45FN6O8/c1-21(2)30-34(48)38-14-17-50-27-9-4-3-8-24(27)31(45)41-26(19-29(44)40-25(33(47)42-30)10-11-28(37)43)32(46)39-20-35(12-15-49-16-13-35)22-6-5-7-23(36)18-22/h3-9,18,21,25-26,30H,10-17,19-20H2,1-2H3,(H2,37,43)(H,38,48)(H,39,46)(H,40,44)(H,41,45)(H,42,47)/t25-,26-,30+/m0/s1. The van der Waals surface area contributed by atoms with Gasteiger partial charge in [0.25, 0.3) is 5.91 Å². The molecule has 0 saturated carbocycles. The third kappa shape index (κ3) is 10.2. The molecule has 7 N–H and O–H groups in total. The number of rotatable bonds is 8. The molecule has 14 nitrogen and oxygen atoms in total. The summed E-state index contributed by atoms with van der Waals surface area (Å²) in [7, 11) is 0. The number of para-hydroxylation sites is 1. The lowest BCUT2D eigenvalue weighted by molar-refractivity contribution is -0.134. The van der Waals surface area contributed by atoms with Crippen LogP contribution < -0.4 is 37.1 Å². The maximum Gasteiger partial charge on any atom is 0.255 e. The number of hydrogen-bond donors (Lipinski definition) is 6. The molecule has 3 atom stereocenters. The summed E-state index contributed by atoms with van der Waals surface area (Å²) in [6.45, 7) is 4.32. The maximum absolute atomic E-state index is 14.3. The Labute approximate surface area is 289 Å². The molecule has 270 valence electrons. The normalized spacial score (nSPS) is 22.0. The maximum atomic E-state index is 14.3. The lowest BCUT2D eigenvalue weighted by atomic mass is 9.74. The molecule has 2 aromatic rings. The molecule has 0 aliphatic carbocycles. The molecule has 1 fully saturated rings. The molecule has 2 aromatic carbocycles. The first-order chi connectivity index (χ1) is 23.9. The third-order valence-electron chi connectivity index (χ3n) is 8.87. The molecule has 2 aliphatic rings. The number of carbonyl (C=O) groups is 6. The molecule has 2 aliphatic heterocycles. The summed E-state index contributed by atoms with van der Waals surface area (Å²) in [6, 6.07) is 8.73. The van der Waals surface area contributed by atoms with Gasteiger partial charge >= 0.3 is 0 Å². The zero-order valence-corrected chi connectivity index (χ0v) is 28.2. The average Bonchev–Trinajstić information content (AvgIpc) is 3.09. The molecule has 0 aromatic heterocycles. The minimum absolute atomic E-state index is 0.0220. The Bertz CT molecular complexity index is 1560. The van der Waals surface area contributed by atoms with Crippen LogP contribution >= 0.6 is 0 Å². The van der Waals surface area contributed by atoms with Crippen molar-refractivity contribution in [2.24, 2.45) is 11.7 Å². The molecular weight excluding hydrogens is 651 g/mol. The number of primary amides is 1. The summed E-state index contributed by atoms with van der Waals surface area (Å²) < 4.78 is 25.6. The fourth-order valence-electron chi connectivity index (χ4n) is 5.98. The highest BCUT2D eigenvalue weighted by atomic mass is 19.1. The number of fused-ring (bicyclic) bond motifs is 1. The van der Waals surface area contributed by atoms with Crippen LogP contribution in [0, 0.1) is 11.7 Å². The lowest BCUT2D eigenvalue weighted by Gasteiger charge is -2.38. The van der Waals surface area contributed by atoms with Gasteiger partial charge in [-0.05, 0) is 55.0 Å². The van der Waals surface area contributed by atoms with Crippen molar-refractivity contribution in [2.45, 2.75) is 69.5 Å². The van der Waals surface area contributed by atoms with E-state index in [0.29, 0.717) is 31.6 Å². The fraction of sp³-hybridized carbons (Fsp3) is 0.486. The molecule has 50 heavy (non-hydrogen) atoms. The van der Waals surface area contributed by atoms with Crippen LogP contribution in [-0.2, 0) is 34.1 Å². The van der Waals surface area contributed by atoms with E-state index in [4.69, 9.17) is 15.2 Å². The van der Waals surface area contributed by atoms with E-state index in [2.05, 4.69) is 26.6 Å². The van der Waals surface area contributed by atoms with Gasteiger partial charge in [-0.2, -0.15) is 0 Å². The van der Waals surface area contributed by atoms with Crippen molar-refractivity contribution >= 4 is 35.4 Å². The van der Waals surface area contributed by atoms with Gasteiger partial charge in [0.2, 0.25) is 29.5 Å². The number of ether oxygens (including phenoxy) is 2. The van der Waals surface area contributed by atoms with Crippen molar-refractivity contribution in [1.82, 2.24) is 26.6 Å². The van der Waals surface area contributed by atoms with Crippen molar-refractivity contribution in [3.63, 3.8) is 0 Å². The van der Waals surface area contributed by atoms with E-state index >= 15 is 0 Å². The van der Waals surface area contributed by atoms with E-state index in [9.17, 15) is 33.2 Å². The van der Waals surface area contributed by atoms with Crippen molar-refractivity contribution in [2.75, 3.05) is 32.9 Å². The van der Waals surface area contributed by atoms with Gasteiger partial charge in [0.15, 0.2) is 0 Å². The predicted octanol–water partition coefficient (Wildman–Crippen LogP) is 0.579. The Morgan fingerprint density at radius 2 is 1.72 bits per heavy atom. The molecule has 0 radical (unpaired) electrons. The monoisotopic (exact) mass is 696 g/mol. The second-order valence-electron chi connectivity index (χ2n) is 12.8. The second-order valence-corrected chi connectivity index (χ2v) is 12.8. The van der Waals surface area contributed by atoms with E-state index < -0.39 is 71.2 Å². The summed E-state index contributed by atoms with van der Waals surface area (Å²) in [5.74, 6) is -4.73. The van der Waals surface area contributed by atoms with Gasteiger partial charge < -0.3 is 41.8 Å². The number of amides is 6. The van der Waals surface area contributed by atoms with E-state index in [0.717, 1.165) is 0 Å². The molecule has 0 spiro atoms. The molecule has 2 heterocycles. The highest BCUT2D eigenvalue weighted by molar-refractivity contribution is 6.01. The van der Waals surface area contributed by atoms with Gasteiger partial charge in [0, 0.05) is 31.6 Å². The van der Waals surface area contributed by atoms with Gasteiger partial charge in [-0.3, -0.25) is 28.8 Å². The zero-order valence-electron chi connectivity index (χ0n) is 28.2. The van der Waals surface area contributed by atoms with Crippen molar-refractivity contribution < 1.29 is 42.6 Å². The summed E-state index contributed by atoms with van der Waals surface area (Å²) in [4.78, 5) is 79.0. The zero-order chi connectivity index (χ0) is 36.3. The third-order valence-corrected chi connectivity index (χ3v) is 8.87. The predicted molar refractivity (Wildman–Crippen MR) is 179 cm³/mol. The van der Waals surface area contributed by atoms with Crippen LogP contribution in [0.1, 0.15) is 61.9 Å². The molecule has 0 unspecified atom stereocenters. The fourth-order valence-corrected chi connectivity index (χ4v) is 5.98. The Balaban J connectivity index is 1.64. The largest absolute Gasteiger partial charge is 0.491 e. The number of nitrogens with two attached hydrogens (primary N) is 1. The summed E-state index contributed by atoms with van der Waals surface area (Å²) >= 11 is 0. The first-order valence-electron chi connectivity index (χ1n) is 16.7. The number of halogens is 1. The Hall–Kier alpha value is -5.05. The summed E-state index contributed by atoms with van der Waals surface area (Å²) in [5.41, 5.74) is 5.42. The SMILES string of the molecule is CC(C)[C@H]1NC(=O)[C@H](CCC(N)=O)NC(=O)C[C@@H](C(=O)NCC2(c3cccc(F)c3)CCOCC2)NC(=O)c2ccccc2OCCNC1=O. The second kappa shape index (κ2) is 17.6. The molecule has 0 bridgehead atoms. The van der Waals surface area contributed by atoms with Crippen LogP contribution in [0.15, 0.2) is 48.5 Å². The van der Waals surface area contributed by atoms with Gasteiger partial charge in [-0.25, -0.2) is 4.39 Å². The Kier molecular flexibility index (Phi) is 13.3. The average molecular weight is 697 g/mol. The van der Waals surface area contributed by atoms with Crippen LogP contribution in [0.5, 0.6) is 5.75 Å². The van der Waals surface area contributed by atoms with E-state index in [1.807, 2.05) is 0 Å². The molecular formula is C35H45FN6O8. The van der Waals surface area contributed by atoms with Crippen LogP contribution in [0.25, 0.3) is 0 Å². The molecule has 6 amide bonds.